The van der Waals surface area contributed by atoms with Crippen molar-refractivity contribution in [3.8, 4) is 0 Å². The third-order valence-electron chi connectivity index (χ3n) is 7.65. The van der Waals surface area contributed by atoms with Crippen molar-refractivity contribution in [2.24, 2.45) is 0 Å². The summed E-state index contributed by atoms with van der Waals surface area (Å²) >= 11 is 0. The first-order valence-electron chi connectivity index (χ1n) is 14.0. The summed E-state index contributed by atoms with van der Waals surface area (Å²) in [4.78, 5) is 14.9. The number of hydrogen-bond acceptors (Lipinski definition) is 6. The smallest absolute Gasteiger partial charge is 0.319 e. The second-order valence-electron chi connectivity index (χ2n) is 10.5. The Balaban J connectivity index is 1.25. The third kappa shape index (κ3) is 7.47. The predicted octanol–water partition coefficient (Wildman–Crippen LogP) is 5.16. The Bertz CT molecular complexity index is 1210. The fourth-order valence-corrected chi connectivity index (χ4v) is 5.49. The van der Waals surface area contributed by atoms with Gasteiger partial charge in [-0.25, -0.2) is 4.79 Å². The number of nitrogens with zero attached hydrogens (tertiary/aromatic N) is 1. The van der Waals surface area contributed by atoms with Crippen LogP contribution in [0.3, 0.4) is 0 Å². The standard InChI is InChI=1S/C32H39N3O5/c1-38-22-28-8-5-17-35(28)20-29-18-30(25-11-9-24(21-36)10-12-25)40-31(39-29)26-13-15-27(16-14-26)34-32(37)33-19-23-6-3-2-4-7-23/h2-4,6-7,9-16,28-31,36H,5,8,17-22H2,1H3,(H2,33,34,37)/t28-,29-,30+,31+/m0/s1. The Kier molecular flexibility index (Phi) is 9.81. The Morgan fingerprint density at radius 3 is 2.45 bits per heavy atom. The summed E-state index contributed by atoms with van der Waals surface area (Å²) < 4.78 is 18.5. The second-order valence-corrected chi connectivity index (χ2v) is 10.5. The Morgan fingerprint density at radius 2 is 1.73 bits per heavy atom. The minimum absolute atomic E-state index is 0.0136. The highest BCUT2D eigenvalue weighted by molar-refractivity contribution is 5.89. The zero-order valence-corrected chi connectivity index (χ0v) is 23.0. The number of hydrogen-bond donors (Lipinski definition) is 3. The molecule has 5 rings (SSSR count). The maximum absolute atomic E-state index is 12.4. The first kappa shape index (κ1) is 28.3. The van der Waals surface area contributed by atoms with E-state index in [2.05, 4.69) is 15.5 Å². The minimum atomic E-state index is -0.536. The molecule has 2 aliphatic heterocycles. The molecule has 0 unspecified atom stereocenters. The third-order valence-corrected chi connectivity index (χ3v) is 7.65. The molecule has 2 amide bonds. The molecule has 8 nitrogen and oxygen atoms in total. The zero-order chi connectivity index (χ0) is 27.7. The molecule has 0 spiro atoms. The van der Waals surface area contributed by atoms with Crippen LogP contribution in [0, 0.1) is 0 Å². The SMILES string of the molecule is COC[C@@H]1CCCN1C[C@@H]1C[C@H](c2ccc(CO)cc2)O[C@H](c2ccc(NC(=O)NCc3ccccc3)cc2)O1. The lowest BCUT2D eigenvalue weighted by Crippen LogP contribution is -2.42. The number of rotatable bonds is 10. The lowest BCUT2D eigenvalue weighted by molar-refractivity contribution is -0.253. The number of carbonyl (C=O) groups is 1. The number of methoxy groups -OCH3 is 1. The van der Waals surface area contributed by atoms with Gasteiger partial charge in [-0.3, -0.25) is 4.90 Å². The van der Waals surface area contributed by atoms with Gasteiger partial charge in [0.2, 0.25) is 0 Å². The highest BCUT2D eigenvalue weighted by atomic mass is 16.7. The van der Waals surface area contributed by atoms with Gasteiger partial charge in [0.05, 0.1) is 25.4 Å². The molecule has 2 aliphatic rings. The number of urea groups is 1. The normalized spacial score (nSPS) is 23.1. The topological polar surface area (TPSA) is 92.3 Å². The molecule has 2 fully saturated rings. The highest BCUT2D eigenvalue weighted by Gasteiger charge is 2.35. The molecule has 0 aliphatic carbocycles. The molecule has 3 aromatic rings. The molecule has 8 heteroatoms. The Morgan fingerprint density at radius 1 is 0.975 bits per heavy atom. The number of benzene rings is 3. The summed E-state index contributed by atoms with van der Waals surface area (Å²) in [6.45, 7) is 3.06. The van der Waals surface area contributed by atoms with Crippen molar-refractivity contribution in [3.63, 3.8) is 0 Å². The van der Waals surface area contributed by atoms with Crippen LogP contribution in [0.2, 0.25) is 0 Å². The number of nitrogens with one attached hydrogen (secondary N) is 2. The summed E-state index contributed by atoms with van der Waals surface area (Å²) in [7, 11) is 1.76. The quantitative estimate of drug-likeness (QED) is 0.326. The van der Waals surface area contributed by atoms with Crippen LogP contribution in [0.15, 0.2) is 78.9 Å². The average Bonchev–Trinajstić information content (AvgIpc) is 3.43. The van der Waals surface area contributed by atoms with Gasteiger partial charge in [-0.15, -0.1) is 0 Å². The Labute approximate surface area is 236 Å². The summed E-state index contributed by atoms with van der Waals surface area (Å²) in [5.74, 6) is 0. The molecule has 212 valence electrons. The van der Waals surface area contributed by atoms with Crippen molar-refractivity contribution >= 4 is 11.7 Å². The van der Waals surface area contributed by atoms with E-state index in [-0.39, 0.29) is 24.8 Å². The highest BCUT2D eigenvalue weighted by Crippen LogP contribution is 2.39. The Hall–Kier alpha value is -3.27. The van der Waals surface area contributed by atoms with Gasteiger partial charge >= 0.3 is 6.03 Å². The van der Waals surface area contributed by atoms with E-state index < -0.39 is 6.29 Å². The van der Waals surface area contributed by atoms with Crippen molar-refractivity contribution in [2.45, 2.75) is 57.0 Å². The van der Waals surface area contributed by atoms with E-state index >= 15 is 0 Å². The first-order chi connectivity index (χ1) is 19.6. The van der Waals surface area contributed by atoms with Gasteiger partial charge in [0.1, 0.15) is 0 Å². The van der Waals surface area contributed by atoms with Crippen molar-refractivity contribution in [3.05, 3.63) is 101 Å². The van der Waals surface area contributed by atoms with Crippen molar-refractivity contribution < 1.29 is 24.1 Å². The number of aliphatic hydroxyl groups is 1. The van der Waals surface area contributed by atoms with Gasteiger partial charge in [-0.05, 0) is 48.2 Å². The minimum Gasteiger partial charge on any atom is -0.392 e. The van der Waals surface area contributed by atoms with Crippen LogP contribution in [-0.4, -0.2) is 55.0 Å². The largest absolute Gasteiger partial charge is 0.392 e. The predicted molar refractivity (Wildman–Crippen MR) is 154 cm³/mol. The molecule has 3 N–H and O–H groups in total. The van der Waals surface area contributed by atoms with Gasteiger partial charge in [0, 0.05) is 43.9 Å². The molecular formula is C32H39N3O5. The number of amides is 2. The van der Waals surface area contributed by atoms with Gasteiger partial charge in [0.15, 0.2) is 6.29 Å². The van der Waals surface area contributed by atoms with Crippen molar-refractivity contribution in [2.75, 3.05) is 32.1 Å². The van der Waals surface area contributed by atoms with Crippen LogP contribution in [0.25, 0.3) is 0 Å². The molecule has 0 saturated carbocycles. The van der Waals surface area contributed by atoms with E-state index in [1.54, 1.807) is 7.11 Å². The zero-order valence-electron chi connectivity index (χ0n) is 23.0. The van der Waals surface area contributed by atoms with Gasteiger partial charge in [-0.1, -0.05) is 66.7 Å². The van der Waals surface area contributed by atoms with Crippen LogP contribution < -0.4 is 10.6 Å². The molecular weight excluding hydrogens is 506 g/mol. The molecule has 2 heterocycles. The molecule has 3 aromatic carbocycles. The van der Waals surface area contributed by atoms with Gasteiger partial charge in [0.25, 0.3) is 0 Å². The number of ether oxygens (including phenoxy) is 3. The van der Waals surface area contributed by atoms with E-state index in [4.69, 9.17) is 14.2 Å². The second kappa shape index (κ2) is 13.9. The van der Waals surface area contributed by atoms with Crippen LogP contribution in [0.1, 0.15) is 53.9 Å². The van der Waals surface area contributed by atoms with Crippen LogP contribution in [-0.2, 0) is 27.4 Å². The summed E-state index contributed by atoms with van der Waals surface area (Å²) in [6, 6.07) is 25.5. The van der Waals surface area contributed by atoms with Crippen LogP contribution in [0.5, 0.6) is 0 Å². The summed E-state index contributed by atoms with van der Waals surface area (Å²) in [5, 5.41) is 15.2. The van der Waals surface area contributed by atoms with Crippen molar-refractivity contribution in [1.82, 2.24) is 10.2 Å². The molecule has 4 atom stereocenters. The van der Waals surface area contributed by atoms with Gasteiger partial charge < -0.3 is 30.0 Å². The summed E-state index contributed by atoms with van der Waals surface area (Å²) in [5.41, 5.74) is 4.57. The molecule has 0 radical (unpaired) electrons. The van der Waals surface area contributed by atoms with Crippen LogP contribution in [0.4, 0.5) is 10.5 Å². The van der Waals surface area contributed by atoms with E-state index in [0.29, 0.717) is 18.3 Å². The fraction of sp³-hybridized carbons (Fsp3) is 0.406. The maximum atomic E-state index is 12.4. The first-order valence-corrected chi connectivity index (χ1v) is 14.0. The van der Waals surface area contributed by atoms with E-state index in [0.717, 1.165) is 54.8 Å². The number of aliphatic hydroxyl groups excluding tert-OH is 1. The molecule has 40 heavy (non-hydrogen) atoms. The number of likely N-dealkylation sites (tertiary alicyclic amines) is 1. The van der Waals surface area contributed by atoms with Crippen molar-refractivity contribution in [1.29, 1.82) is 0 Å². The van der Waals surface area contributed by atoms with Gasteiger partial charge in [-0.2, -0.15) is 0 Å². The van der Waals surface area contributed by atoms with E-state index in [1.807, 2.05) is 78.9 Å². The molecule has 0 bridgehead atoms. The van der Waals surface area contributed by atoms with E-state index in [9.17, 15) is 9.90 Å². The lowest BCUT2D eigenvalue weighted by atomic mass is 9.99. The maximum Gasteiger partial charge on any atom is 0.319 e. The van der Waals surface area contributed by atoms with E-state index in [1.165, 1.54) is 6.42 Å². The lowest BCUT2D eigenvalue weighted by Gasteiger charge is -2.38. The van der Waals surface area contributed by atoms with Crippen LogP contribution >= 0.6 is 0 Å². The summed E-state index contributed by atoms with van der Waals surface area (Å²) in [6.07, 6.45) is 2.36. The molecule has 2 saturated heterocycles. The monoisotopic (exact) mass is 545 g/mol. The number of anilines is 1. The molecule has 0 aromatic heterocycles. The number of carbonyl (C=O) groups excluding carboxylic acids is 1. The fourth-order valence-electron chi connectivity index (χ4n) is 5.49. The average molecular weight is 546 g/mol.